The first-order valence-electron chi connectivity index (χ1n) is 3.87. The number of halogens is 1. The second kappa shape index (κ2) is 2.75. The molecule has 12 heavy (non-hydrogen) atoms. The van der Waals surface area contributed by atoms with Crippen molar-refractivity contribution >= 4 is 15.9 Å². The van der Waals surface area contributed by atoms with Crippen molar-refractivity contribution in [1.29, 1.82) is 0 Å². The van der Waals surface area contributed by atoms with Crippen molar-refractivity contribution in [2.75, 3.05) is 6.61 Å². The number of benzene rings is 1. The Morgan fingerprint density at radius 3 is 3.08 bits per heavy atom. The van der Waals surface area contributed by atoms with Gasteiger partial charge in [-0.2, -0.15) is 0 Å². The maximum atomic E-state index is 5.82. The van der Waals surface area contributed by atoms with Gasteiger partial charge in [0.1, 0.15) is 12.4 Å². The van der Waals surface area contributed by atoms with Gasteiger partial charge in [-0.3, -0.25) is 0 Å². The lowest BCUT2D eigenvalue weighted by molar-refractivity contribution is 0.333. The lowest BCUT2D eigenvalue weighted by Gasteiger charge is -2.03. The van der Waals surface area contributed by atoms with E-state index in [0.717, 1.165) is 15.8 Å². The molecular weight excluding hydrogens is 218 g/mol. The average Bonchev–Trinajstić information content (AvgIpc) is 2.35. The van der Waals surface area contributed by atoms with Crippen LogP contribution in [0.25, 0.3) is 0 Å². The third kappa shape index (κ3) is 1.13. The van der Waals surface area contributed by atoms with Gasteiger partial charge in [0.2, 0.25) is 0 Å². The number of fused-ring (bicyclic) bond motifs is 1. The third-order valence-electron chi connectivity index (χ3n) is 2.11. The summed E-state index contributed by atoms with van der Waals surface area (Å²) in [6.07, 6.45) is 0. The Bertz CT molecular complexity index is 325. The fourth-order valence-electron chi connectivity index (χ4n) is 1.35. The van der Waals surface area contributed by atoms with Gasteiger partial charge < -0.3 is 10.5 Å². The molecule has 1 aliphatic rings. The highest BCUT2D eigenvalue weighted by Gasteiger charge is 2.21. The van der Waals surface area contributed by atoms with Gasteiger partial charge in [-0.1, -0.05) is 15.9 Å². The molecule has 3 heteroatoms. The first kappa shape index (κ1) is 8.08. The van der Waals surface area contributed by atoms with Crippen LogP contribution in [0.4, 0.5) is 0 Å². The number of hydrogen-bond donors (Lipinski definition) is 1. The molecule has 2 nitrogen and oxygen atoms in total. The number of ether oxygens (including phenoxy) is 1. The third-order valence-corrected chi connectivity index (χ3v) is 2.96. The summed E-state index contributed by atoms with van der Waals surface area (Å²) < 4.78 is 6.50. The van der Waals surface area contributed by atoms with Gasteiger partial charge in [0.05, 0.1) is 6.04 Å². The van der Waals surface area contributed by atoms with E-state index in [0.29, 0.717) is 6.61 Å². The SMILES string of the molecule is Cc1cc2c(cc1Br)C(N)CO2. The molecule has 0 fully saturated rings. The lowest BCUT2D eigenvalue weighted by Crippen LogP contribution is -2.10. The summed E-state index contributed by atoms with van der Waals surface area (Å²) in [4.78, 5) is 0. The molecule has 0 radical (unpaired) electrons. The Labute approximate surface area is 79.8 Å². The average molecular weight is 228 g/mol. The van der Waals surface area contributed by atoms with E-state index in [1.807, 2.05) is 19.1 Å². The smallest absolute Gasteiger partial charge is 0.124 e. The summed E-state index contributed by atoms with van der Waals surface area (Å²) in [5.74, 6) is 0.934. The molecular formula is C9H10BrNO. The van der Waals surface area contributed by atoms with Gasteiger partial charge in [-0.15, -0.1) is 0 Å². The van der Waals surface area contributed by atoms with Gasteiger partial charge >= 0.3 is 0 Å². The molecule has 1 aromatic carbocycles. The molecule has 1 heterocycles. The molecule has 1 aromatic rings. The van der Waals surface area contributed by atoms with E-state index in [1.54, 1.807) is 0 Å². The van der Waals surface area contributed by atoms with Crippen LogP contribution in [0.15, 0.2) is 16.6 Å². The monoisotopic (exact) mass is 227 g/mol. The number of aryl methyl sites for hydroxylation is 1. The van der Waals surface area contributed by atoms with Crippen molar-refractivity contribution in [3.63, 3.8) is 0 Å². The highest BCUT2D eigenvalue weighted by Crippen LogP contribution is 2.34. The first-order valence-corrected chi connectivity index (χ1v) is 4.66. The molecule has 0 saturated heterocycles. The molecule has 1 atom stereocenters. The zero-order chi connectivity index (χ0) is 8.72. The van der Waals surface area contributed by atoms with Crippen molar-refractivity contribution in [3.05, 3.63) is 27.7 Å². The molecule has 0 bridgehead atoms. The molecule has 0 aliphatic carbocycles. The van der Waals surface area contributed by atoms with Gasteiger partial charge in [-0.05, 0) is 24.6 Å². The predicted molar refractivity (Wildman–Crippen MR) is 51.3 cm³/mol. The molecule has 0 amide bonds. The fraction of sp³-hybridized carbons (Fsp3) is 0.333. The van der Waals surface area contributed by atoms with E-state index in [4.69, 9.17) is 10.5 Å². The van der Waals surface area contributed by atoms with Crippen LogP contribution in [0.2, 0.25) is 0 Å². The molecule has 1 unspecified atom stereocenters. The van der Waals surface area contributed by atoms with Crippen molar-refractivity contribution in [3.8, 4) is 5.75 Å². The largest absolute Gasteiger partial charge is 0.491 e. The van der Waals surface area contributed by atoms with Crippen LogP contribution in [-0.2, 0) is 0 Å². The topological polar surface area (TPSA) is 35.2 Å². The zero-order valence-corrected chi connectivity index (χ0v) is 8.39. The van der Waals surface area contributed by atoms with Crippen molar-refractivity contribution < 1.29 is 4.74 Å². The normalized spacial score (nSPS) is 20.4. The number of hydrogen-bond acceptors (Lipinski definition) is 2. The van der Waals surface area contributed by atoms with Crippen molar-refractivity contribution in [1.82, 2.24) is 0 Å². The molecule has 2 N–H and O–H groups in total. The summed E-state index contributed by atoms with van der Waals surface area (Å²) in [6.45, 7) is 2.64. The van der Waals surface area contributed by atoms with E-state index in [-0.39, 0.29) is 6.04 Å². The van der Waals surface area contributed by atoms with Crippen LogP contribution in [-0.4, -0.2) is 6.61 Å². The van der Waals surface area contributed by atoms with Crippen LogP contribution in [0.3, 0.4) is 0 Å². The molecule has 64 valence electrons. The maximum Gasteiger partial charge on any atom is 0.124 e. The minimum Gasteiger partial charge on any atom is -0.491 e. The Balaban J connectivity index is 2.56. The van der Waals surface area contributed by atoms with E-state index >= 15 is 0 Å². The van der Waals surface area contributed by atoms with Crippen LogP contribution < -0.4 is 10.5 Å². The second-order valence-electron chi connectivity index (χ2n) is 3.06. The summed E-state index contributed by atoms with van der Waals surface area (Å²) in [7, 11) is 0. The lowest BCUT2D eigenvalue weighted by atomic mass is 10.1. The van der Waals surface area contributed by atoms with E-state index < -0.39 is 0 Å². The summed E-state index contributed by atoms with van der Waals surface area (Å²) >= 11 is 3.47. The van der Waals surface area contributed by atoms with Crippen LogP contribution in [0.5, 0.6) is 5.75 Å². The molecule has 0 aromatic heterocycles. The predicted octanol–water partition coefficient (Wildman–Crippen LogP) is 2.15. The number of nitrogens with two attached hydrogens (primary N) is 1. The molecule has 2 rings (SSSR count). The van der Waals surface area contributed by atoms with Crippen molar-refractivity contribution in [2.45, 2.75) is 13.0 Å². The van der Waals surface area contributed by atoms with E-state index in [2.05, 4.69) is 15.9 Å². The van der Waals surface area contributed by atoms with E-state index in [1.165, 1.54) is 5.56 Å². The quantitative estimate of drug-likeness (QED) is 0.738. The van der Waals surface area contributed by atoms with Crippen LogP contribution >= 0.6 is 15.9 Å². The second-order valence-corrected chi connectivity index (χ2v) is 3.91. The number of rotatable bonds is 0. The Kier molecular flexibility index (Phi) is 1.85. The fourth-order valence-corrected chi connectivity index (χ4v) is 1.72. The summed E-state index contributed by atoms with van der Waals surface area (Å²) in [5, 5.41) is 0. The van der Waals surface area contributed by atoms with Gasteiger partial charge in [0.25, 0.3) is 0 Å². The Hall–Kier alpha value is -0.540. The van der Waals surface area contributed by atoms with Gasteiger partial charge in [0, 0.05) is 10.0 Å². The van der Waals surface area contributed by atoms with Crippen LogP contribution in [0.1, 0.15) is 17.2 Å². The Morgan fingerprint density at radius 1 is 1.58 bits per heavy atom. The minimum absolute atomic E-state index is 0.0388. The maximum absolute atomic E-state index is 5.82. The van der Waals surface area contributed by atoms with E-state index in [9.17, 15) is 0 Å². The summed E-state index contributed by atoms with van der Waals surface area (Å²) in [5.41, 5.74) is 8.11. The standard InChI is InChI=1S/C9H10BrNO/c1-5-2-9-6(3-7(5)10)8(11)4-12-9/h2-3,8H,4,11H2,1H3. The highest BCUT2D eigenvalue weighted by atomic mass is 79.9. The molecule has 0 spiro atoms. The van der Waals surface area contributed by atoms with Gasteiger partial charge in [-0.25, -0.2) is 0 Å². The molecule has 0 saturated carbocycles. The first-order chi connectivity index (χ1) is 5.68. The molecule has 1 aliphatic heterocycles. The van der Waals surface area contributed by atoms with Crippen LogP contribution in [0, 0.1) is 6.92 Å². The highest BCUT2D eigenvalue weighted by molar-refractivity contribution is 9.10. The van der Waals surface area contributed by atoms with Gasteiger partial charge in [0.15, 0.2) is 0 Å². The summed E-state index contributed by atoms with van der Waals surface area (Å²) in [6, 6.07) is 4.10. The Morgan fingerprint density at radius 2 is 2.33 bits per heavy atom. The van der Waals surface area contributed by atoms with Crippen molar-refractivity contribution in [2.24, 2.45) is 5.73 Å². The minimum atomic E-state index is 0.0388. The zero-order valence-electron chi connectivity index (χ0n) is 6.80.